The van der Waals surface area contributed by atoms with Crippen LogP contribution in [0.4, 0.5) is 11.8 Å². The van der Waals surface area contributed by atoms with Gasteiger partial charge >= 0.3 is 0 Å². The quantitative estimate of drug-likeness (QED) is 0.828. The van der Waals surface area contributed by atoms with E-state index in [1.165, 1.54) is 0 Å². The lowest BCUT2D eigenvalue weighted by molar-refractivity contribution is -0.0388. The van der Waals surface area contributed by atoms with Crippen LogP contribution in [0, 0.1) is 0 Å². The molecule has 0 saturated heterocycles. The van der Waals surface area contributed by atoms with Gasteiger partial charge in [-0.3, -0.25) is 0 Å². The highest BCUT2D eigenvalue weighted by Crippen LogP contribution is 2.42. The van der Waals surface area contributed by atoms with E-state index in [0.717, 1.165) is 16.8 Å². The molecule has 0 radical (unpaired) electrons. The molecule has 1 atom stereocenters. The van der Waals surface area contributed by atoms with Crippen LogP contribution in [-0.2, 0) is 10.3 Å². The van der Waals surface area contributed by atoms with Crippen molar-refractivity contribution in [2.45, 2.75) is 25.4 Å². The fourth-order valence-corrected chi connectivity index (χ4v) is 2.77. The lowest BCUT2D eigenvalue weighted by Gasteiger charge is -2.37. The van der Waals surface area contributed by atoms with Crippen molar-refractivity contribution in [1.29, 1.82) is 0 Å². The number of nitrogens with zero attached hydrogens (tertiary/aromatic N) is 2. The Morgan fingerprint density at radius 2 is 1.85 bits per heavy atom. The number of hydrogen-bond donors (Lipinski definition) is 2. The van der Waals surface area contributed by atoms with Gasteiger partial charge in [0.15, 0.2) is 0 Å². The van der Waals surface area contributed by atoms with Crippen molar-refractivity contribution in [3.63, 3.8) is 0 Å². The van der Waals surface area contributed by atoms with Gasteiger partial charge in [-0.05, 0) is 19.4 Å². The molecule has 3 rings (SSSR count). The second-order valence-corrected chi connectivity index (χ2v) is 5.51. The Labute approximate surface area is 118 Å². The van der Waals surface area contributed by atoms with Gasteiger partial charge in [-0.2, -0.15) is 4.98 Å². The number of nitrogens with two attached hydrogens (primary N) is 2. The first kappa shape index (κ1) is 12.9. The highest BCUT2D eigenvalue weighted by molar-refractivity contribution is 5.53. The van der Waals surface area contributed by atoms with Gasteiger partial charge in [-0.15, -0.1) is 0 Å². The fraction of sp³-hybridized carbons (Fsp3) is 0.333. The summed E-state index contributed by atoms with van der Waals surface area (Å²) < 4.78 is 5.98. The molecule has 5 nitrogen and oxygen atoms in total. The van der Waals surface area contributed by atoms with Gasteiger partial charge in [0.25, 0.3) is 0 Å². The summed E-state index contributed by atoms with van der Waals surface area (Å²) in [4.78, 5) is 8.51. The Kier molecular flexibility index (Phi) is 2.87. The molecule has 0 amide bonds. The van der Waals surface area contributed by atoms with Crippen LogP contribution in [0.15, 0.2) is 30.3 Å². The third-order valence-electron chi connectivity index (χ3n) is 3.73. The van der Waals surface area contributed by atoms with Crippen molar-refractivity contribution >= 4 is 11.8 Å². The molecule has 1 aliphatic rings. The zero-order valence-corrected chi connectivity index (χ0v) is 11.6. The van der Waals surface area contributed by atoms with Gasteiger partial charge in [0, 0.05) is 5.56 Å². The Bertz CT molecular complexity index is 640. The second-order valence-electron chi connectivity index (χ2n) is 5.51. The average molecular weight is 270 g/mol. The van der Waals surface area contributed by atoms with E-state index >= 15 is 0 Å². The summed E-state index contributed by atoms with van der Waals surface area (Å²) in [6, 6.07) is 10.1. The van der Waals surface area contributed by atoms with Crippen LogP contribution in [0.5, 0.6) is 0 Å². The molecule has 1 unspecified atom stereocenters. The molecule has 20 heavy (non-hydrogen) atoms. The predicted octanol–water partition coefficient (Wildman–Crippen LogP) is 2.04. The van der Waals surface area contributed by atoms with Crippen LogP contribution in [0.2, 0.25) is 0 Å². The normalized spacial score (nSPS) is 20.4. The maximum absolute atomic E-state index is 6.05. The largest absolute Gasteiger partial charge is 0.383 e. The summed E-state index contributed by atoms with van der Waals surface area (Å²) in [7, 11) is 0. The average Bonchev–Trinajstić information content (AvgIpc) is 2.38. The molecule has 0 aliphatic carbocycles. The Morgan fingerprint density at radius 1 is 1.15 bits per heavy atom. The van der Waals surface area contributed by atoms with E-state index in [0.29, 0.717) is 12.4 Å². The van der Waals surface area contributed by atoms with E-state index in [-0.39, 0.29) is 11.9 Å². The predicted molar refractivity (Wildman–Crippen MR) is 78.1 cm³/mol. The lowest BCUT2D eigenvalue weighted by Crippen LogP contribution is -2.35. The fourth-order valence-electron chi connectivity index (χ4n) is 2.77. The topological polar surface area (TPSA) is 87.0 Å². The second kappa shape index (κ2) is 4.45. The number of ether oxygens (including phenoxy) is 1. The lowest BCUT2D eigenvalue weighted by atomic mass is 9.84. The molecular weight excluding hydrogens is 252 g/mol. The number of aromatic nitrogens is 2. The molecule has 4 N–H and O–H groups in total. The number of nitrogen functional groups attached to an aromatic ring is 2. The molecule has 104 valence electrons. The van der Waals surface area contributed by atoms with Crippen LogP contribution in [-0.4, -0.2) is 16.6 Å². The zero-order chi connectivity index (χ0) is 14.3. The van der Waals surface area contributed by atoms with E-state index in [2.05, 4.69) is 22.1 Å². The first-order valence-electron chi connectivity index (χ1n) is 6.61. The van der Waals surface area contributed by atoms with E-state index in [4.69, 9.17) is 16.2 Å². The van der Waals surface area contributed by atoms with Crippen LogP contribution in [0.3, 0.4) is 0 Å². The maximum atomic E-state index is 6.05. The molecule has 2 aromatic rings. The molecule has 1 aliphatic heterocycles. The number of rotatable bonds is 1. The molecule has 0 bridgehead atoms. The minimum absolute atomic E-state index is 0.0341. The summed E-state index contributed by atoms with van der Waals surface area (Å²) in [6.07, 6.45) is 0. The Morgan fingerprint density at radius 3 is 2.55 bits per heavy atom. The summed E-state index contributed by atoms with van der Waals surface area (Å²) in [5, 5.41) is 0. The highest BCUT2D eigenvalue weighted by Gasteiger charge is 2.38. The van der Waals surface area contributed by atoms with Crippen LogP contribution in [0.1, 0.15) is 36.6 Å². The van der Waals surface area contributed by atoms with E-state index < -0.39 is 5.60 Å². The van der Waals surface area contributed by atoms with Gasteiger partial charge in [0.05, 0.1) is 23.8 Å². The van der Waals surface area contributed by atoms with Gasteiger partial charge in [-0.25, -0.2) is 4.98 Å². The van der Waals surface area contributed by atoms with Gasteiger partial charge in [0.1, 0.15) is 5.82 Å². The first-order chi connectivity index (χ1) is 9.49. The van der Waals surface area contributed by atoms with Gasteiger partial charge < -0.3 is 16.2 Å². The Hall–Kier alpha value is -2.14. The van der Waals surface area contributed by atoms with Crippen molar-refractivity contribution in [3.8, 4) is 0 Å². The highest BCUT2D eigenvalue weighted by atomic mass is 16.5. The van der Waals surface area contributed by atoms with E-state index in [1.807, 2.05) is 32.0 Å². The molecule has 5 heteroatoms. The number of benzene rings is 1. The minimum Gasteiger partial charge on any atom is -0.383 e. The molecule has 0 saturated carbocycles. The van der Waals surface area contributed by atoms with E-state index in [1.54, 1.807) is 0 Å². The van der Waals surface area contributed by atoms with Crippen LogP contribution in [0.25, 0.3) is 0 Å². The third kappa shape index (κ3) is 2.00. The zero-order valence-electron chi connectivity index (χ0n) is 11.6. The van der Waals surface area contributed by atoms with Crippen molar-refractivity contribution in [1.82, 2.24) is 9.97 Å². The number of fused-ring (bicyclic) bond motifs is 1. The number of anilines is 2. The van der Waals surface area contributed by atoms with Crippen molar-refractivity contribution in [2.75, 3.05) is 18.1 Å². The minimum atomic E-state index is -0.502. The first-order valence-corrected chi connectivity index (χ1v) is 6.61. The standard InChI is InChI=1S/C15H18N4O/c1-15(2)11-12(18-14(17)19-13(11)16)10(8-20-15)9-6-4-3-5-7-9/h3-7,10H,8H2,1-2H3,(H4,16,17,18,19). The monoisotopic (exact) mass is 270 g/mol. The number of hydrogen-bond acceptors (Lipinski definition) is 5. The molecule has 1 aromatic heterocycles. The maximum Gasteiger partial charge on any atom is 0.222 e. The SMILES string of the molecule is CC1(C)OCC(c2ccccc2)c2nc(N)nc(N)c21. The van der Waals surface area contributed by atoms with Crippen LogP contribution < -0.4 is 11.5 Å². The molecular formula is C15H18N4O. The molecule has 1 aromatic carbocycles. The molecule has 0 fully saturated rings. The van der Waals surface area contributed by atoms with Crippen molar-refractivity contribution in [2.24, 2.45) is 0 Å². The summed E-state index contributed by atoms with van der Waals surface area (Å²) >= 11 is 0. The summed E-state index contributed by atoms with van der Waals surface area (Å²) in [6.45, 7) is 4.51. The van der Waals surface area contributed by atoms with Gasteiger partial charge in [-0.1, -0.05) is 30.3 Å². The third-order valence-corrected chi connectivity index (χ3v) is 3.73. The smallest absolute Gasteiger partial charge is 0.222 e. The summed E-state index contributed by atoms with van der Waals surface area (Å²) in [5.74, 6) is 0.643. The van der Waals surface area contributed by atoms with Crippen molar-refractivity contribution in [3.05, 3.63) is 47.2 Å². The Balaban J connectivity index is 2.20. The molecule has 2 heterocycles. The van der Waals surface area contributed by atoms with E-state index in [9.17, 15) is 0 Å². The van der Waals surface area contributed by atoms with Crippen molar-refractivity contribution < 1.29 is 4.74 Å². The van der Waals surface area contributed by atoms with Crippen LogP contribution >= 0.6 is 0 Å². The van der Waals surface area contributed by atoms with Gasteiger partial charge in [0.2, 0.25) is 5.95 Å². The summed E-state index contributed by atoms with van der Waals surface area (Å²) in [5.41, 5.74) is 14.2. The molecule has 0 spiro atoms.